The Kier molecular flexibility index (Phi) is 6.03. The number of thiazole rings is 1. The van der Waals surface area contributed by atoms with Crippen molar-refractivity contribution >= 4 is 21.4 Å². The second kappa shape index (κ2) is 8.87. The summed E-state index contributed by atoms with van der Waals surface area (Å²) in [5, 5.41) is 2.83. The fraction of sp³-hybridized carbons (Fsp3) is 0.0870. The van der Waals surface area contributed by atoms with Gasteiger partial charge in [0.2, 0.25) is 10.0 Å². The second-order valence-corrected chi connectivity index (χ2v) is 9.58. The molecule has 0 spiro atoms. The van der Waals surface area contributed by atoms with Crippen molar-refractivity contribution in [1.29, 1.82) is 0 Å². The Bertz CT molecular complexity index is 1210. The molecule has 7 heteroatoms. The van der Waals surface area contributed by atoms with Gasteiger partial charge in [-0.2, -0.15) is 4.31 Å². The highest BCUT2D eigenvalue weighted by Gasteiger charge is 2.25. The van der Waals surface area contributed by atoms with Crippen molar-refractivity contribution in [1.82, 2.24) is 9.29 Å². The van der Waals surface area contributed by atoms with Crippen LogP contribution in [0.3, 0.4) is 0 Å². The lowest BCUT2D eigenvalue weighted by Gasteiger charge is -2.23. The van der Waals surface area contributed by atoms with Crippen LogP contribution in [0, 0.1) is 5.82 Å². The summed E-state index contributed by atoms with van der Waals surface area (Å²) in [5.74, 6) is -0.580. The van der Waals surface area contributed by atoms with E-state index in [1.165, 1.54) is 22.5 Å². The third-order valence-corrected chi connectivity index (χ3v) is 7.24. The maximum absolute atomic E-state index is 13.7. The zero-order valence-corrected chi connectivity index (χ0v) is 17.6. The molecule has 4 rings (SSSR count). The molecule has 0 saturated heterocycles. The van der Waals surface area contributed by atoms with E-state index in [1.807, 2.05) is 60.0 Å². The second-order valence-electron chi connectivity index (χ2n) is 6.75. The molecular formula is C23H19FN2O2S2. The first-order valence-electron chi connectivity index (χ1n) is 9.31. The molecule has 30 heavy (non-hydrogen) atoms. The van der Waals surface area contributed by atoms with Crippen molar-refractivity contribution in [2.75, 3.05) is 0 Å². The van der Waals surface area contributed by atoms with Crippen molar-refractivity contribution in [3.63, 3.8) is 0 Å². The van der Waals surface area contributed by atoms with Crippen LogP contribution in [0.15, 0.2) is 95.3 Å². The molecular weight excluding hydrogens is 419 g/mol. The summed E-state index contributed by atoms with van der Waals surface area (Å²) in [6.45, 7) is 0.361. The summed E-state index contributed by atoms with van der Waals surface area (Å²) in [5.41, 5.74) is 2.68. The van der Waals surface area contributed by atoms with Crippen LogP contribution in [0.1, 0.15) is 11.1 Å². The average Bonchev–Trinajstić information content (AvgIpc) is 3.29. The first kappa shape index (κ1) is 20.4. The third kappa shape index (κ3) is 4.64. The molecule has 4 nitrogen and oxygen atoms in total. The number of rotatable bonds is 7. The normalized spacial score (nSPS) is 11.7. The van der Waals surface area contributed by atoms with Gasteiger partial charge in [-0.1, -0.05) is 60.7 Å². The zero-order valence-electron chi connectivity index (χ0n) is 16.0. The number of nitrogens with zero attached hydrogens (tertiary/aromatic N) is 2. The Morgan fingerprint density at radius 2 is 1.57 bits per heavy atom. The van der Waals surface area contributed by atoms with Gasteiger partial charge >= 0.3 is 0 Å². The molecule has 3 aromatic carbocycles. The van der Waals surface area contributed by atoms with E-state index in [2.05, 4.69) is 4.98 Å². The van der Waals surface area contributed by atoms with Gasteiger partial charge in [0.15, 0.2) is 0 Å². The number of halogens is 1. The first-order valence-corrected chi connectivity index (χ1v) is 11.6. The number of hydrogen-bond donors (Lipinski definition) is 0. The molecule has 1 aromatic heterocycles. The fourth-order valence-corrected chi connectivity index (χ4v) is 5.20. The number of sulfonamides is 1. The molecule has 0 N–H and O–H groups in total. The molecule has 0 aliphatic rings. The molecule has 0 aliphatic heterocycles. The Morgan fingerprint density at radius 1 is 0.867 bits per heavy atom. The molecule has 152 valence electrons. The van der Waals surface area contributed by atoms with E-state index in [0.717, 1.165) is 27.8 Å². The van der Waals surface area contributed by atoms with Gasteiger partial charge in [-0.15, -0.1) is 11.3 Å². The predicted molar refractivity (Wildman–Crippen MR) is 117 cm³/mol. The van der Waals surface area contributed by atoms with Crippen molar-refractivity contribution < 1.29 is 12.8 Å². The number of benzene rings is 3. The highest BCUT2D eigenvalue weighted by molar-refractivity contribution is 7.89. The zero-order chi connectivity index (χ0) is 21.0. The van der Waals surface area contributed by atoms with Crippen LogP contribution in [0.4, 0.5) is 4.39 Å². The van der Waals surface area contributed by atoms with Gasteiger partial charge in [-0.3, -0.25) is 0 Å². The smallest absolute Gasteiger partial charge is 0.243 e. The molecule has 0 bridgehead atoms. The molecule has 0 atom stereocenters. The van der Waals surface area contributed by atoms with Crippen molar-refractivity contribution in [2.24, 2.45) is 0 Å². The first-order chi connectivity index (χ1) is 14.5. The standard InChI is InChI=1S/C23H19FN2O2S2/c24-21-7-4-8-22(15-21)30(27,28)26(16-18-5-2-1-3-6-18)17-19-9-11-20(12-10-19)23-25-13-14-29-23/h1-15H,16-17H2. The van der Waals surface area contributed by atoms with E-state index in [1.54, 1.807) is 17.5 Å². The van der Waals surface area contributed by atoms with E-state index in [0.29, 0.717) is 0 Å². The van der Waals surface area contributed by atoms with Crippen molar-refractivity contribution in [3.8, 4) is 10.6 Å². The van der Waals surface area contributed by atoms with Crippen LogP contribution in [0.5, 0.6) is 0 Å². The minimum atomic E-state index is -3.89. The summed E-state index contributed by atoms with van der Waals surface area (Å²) in [6, 6.07) is 22.1. The van der Waals surface area contributed by atoms with E-state index < -0.39 is 15.8 Å². The van der Waals surface area contributed by atoms with Crippen LogP contribution >= 0.6 is 11.3 Å². The lowest BCUT2D eigenvalue weighted by Crippen LogP contribution is -2.30. The number of hydrogen-bond acceptors (Lipinski definition) is 4. The van der Waals surface area contributed by atoms with Crippen molar-refractivity contribution in [2.45, 2.75) is 18.0 Å². The molecule has 0 fully saturated rings. The summed E-state index contributed by atoms with van der Waals surface area (Å²) in [4.78, 5) is 4.24. The predicted octanol–water partition coefficient (Wildman–Crippen LogP) is 5.34. The van der Waals surface area contributed by atoms with Crippen LogP contribution < -0.4 is 0 Å². The van der Waals surface area contributed by atoms with Gasteiger partial charge in [0, 0.05) is 30.2 Å². The minimum absolute atomic E-state index is 0.0576. The van der Waals surface area contributed by atoms with E-state index >= 15 is 0 Å². The van der Waals surface area contributed by atoms with Crippen molar-refractivity contribution in [3.05, 3.63) is 107 Å². The van der Waals surface area contributed by atoms with Crippen LogP contribution in [-0.4, -0.2) is 17.7 Å². The summed E-state index contributed by atoms with van der Waals surface area (Å²) in [7, 11) is -3.89. The monoisotopic (exact) mass is 438 g/mol. The lowest BCUT2D eigenvalue weighted by atomic mass is 10.1. The van der Waals surface area contributed by atoms with Crippen LogP contribution in [0.25, 0.3) is 10.6 Å². The molecule has 0 unspecified atom stereocenters. The third-order valence-electron chi connectivity index (χ3n) is 4.63. The summed E-state index contributed by atoms with van der Waals surface area (Å²) in [6.07, 6.45) is 1.75. The van der Waals surface area contributed by atoms with Gasteiger partial charge in [0.1, 0.15) is 10.8 Å². The highest BCUT2D eigenvalue weighted by atomic mass is 32.2. The summed E-state index contributed by atoms with van der Waals surface area (Å²) >= 11 is 1.55. The average molecular weight is 439 g/mol. The molecule has 0 radical (unpaired) electrons. The lowest BCUT2D eigenvalue weighted by molar-refractivity contribution is 0.401. The van der Waals surface area contributed by atoms with Crippen LogP contribution in [-0.2, 0) is 23.1 Å². The Balaban J connectivity index is 1.65. The van der Waals surface area contributed by atoms with Gasteiger partial charge in [-0.25, -0.2) is 17.8 Å². The molecule has 0 aliphatic carbocycles. The number of aromatic nitrogens is 1. The molecule has 0 amide bonds. The van der Waals surface area contributed by atoms with Gasteiger partial charge in [0.25, 0.3) is 0 Å². The maximum Gasteiger partial charge on any atom is 0.243 e. The Labute approximate surface area is 179 Å². The largest absolute Gasteiger partial charge is 0.245 e. The SMILES string of the molecule is O=S(=O)(c1cccc(F)c1)N(Cc1ccccc1)Cc1ccc(-c2nccs2)cc1. The molecule has 1 heterocycles. The Hall–Kier alpha value is -2.87. The fourth-order valence-electron chi connectivity index (χ4n) is 3.11. The van der Waals surface area contributed by atoms with Crippen LogP contribution in [0.2, 0.25) is 0 Å². The summed E-state index contributed by atoms with van der Waals surface area (Å²) < 4.78 is 41.7. The maximum atomic E-state index is 13.7. The van der Waals surface area contributed by atoms with E-state index in [-0.39, 0.29) is 18.0 Å². The van der Waals surface area contributed by atoms with Gasteiger partial charge in [0.05, 0.1) is 4.90 Å². The van der Waals surface area contributed by atoms with Gasteiger partial charge < -0.3 is 0 Å². The highest BCUT2D eigenvalue weighted by Crippen LogP contribution is 2.25. The topological polar surface area (TPSA) is 50.3 Å². The minimum Gasteiger partial charge on any atom is -0.245 e. The quantitative estimate of drug-likeness (QED) is 0.391. The molecule has 4 aromatic rings. The van der Waals surface area contributed by atoms with E-state index in [4.69, 9.17) is 0 Å². The van der Waals surface area contributed by atoms with Gasteiger partial charge in [-0.05, 0) is 29.3 Å². The van der Waals surface area contributed by atoms with E-state index in [9.17, 15) is 12.8 Å². The molecule has 0 saturated carbocycles. The Morgan fingerprint density at radius 3 is 2.20 bits per heavy atom.